The Kier molecular flexibility index (Phi) is 4.85. The third kappa shape index (κ3) is 3.96. The van der Waals surface area contributed by atoms with Gasteiger partial charge in [0, 0.05) is 31.9 Å². The van der Waals surface area contributed by atoms with Crippen LogP contribution in [0.1, 0.15) is 5.56 Å². The smallest absolute Gasteiger partial charge is 0.313 e. The Labute approximate surface area is 140 Å². The highest BCUT2D eigenvalue weighted by atomic mass is 16.2. The Balaban J connectivity index is 1.55. The number of carbonyl (C=O) groups excluding carboxylic acids is 2. The van der Waals surface area contributed by atoms with E-state index in [4.69, 9.17) is 0 Å². The SMILES string of the molecule is CN1CCN(C(=O)C(=O)Nc2ccc(Cn3cncn3)cc2)CC1. The Bertz CT molecular complexity index is 690. The van der Waals surface area contributed by atoms with Crippen LogP contribution >= 0.6 is 0 Å². The molecule has 1 saturated heterocycles. The van der Waals surface area contributed by atoms with Gasteiger partial charge in [0.2, 0.25) is 0 Å². The van der Waals surface area contributed by atoms with Gasteiger partial charge < -0.3 is 15.1 Å². The van der Waals surface area contributed by atoms with Crippen molar-refractivity contribution >= 4 is 17.5 Å². The largest absolute Gasteiger partial charge is 0.332 e. The molecule has 2 heterocycles. The van der Waals surface area contributed by atoms with Crippen molar-refractivity contribution in [2.45, 2.75) is 6.54 Å². The highest BCUT2D eigenvalue weighted by molar-refractivity contribution is 6.39. The lowest BCUT2D eigenvalue weighted by molar-refractivity contribution is -0.144. The number of hydrogen-bond donors (Lipinski definition) is 1. The van der Waals surface area contributed by atoms with Crippen molar-refractivity contribution < 1.29 is 9.59 Å². The van der Waals surface area contributed by atoms with Gasteiger partial charge >= 0.3 is 11.8 Å². The number of nitrogens with one attached hydrogen (secondary N) is 1. The summed E-state index contributed by atoms with van der Waals surface area (Å²) in [6, 6.07) is 7.33. The number of nitrogens with zero attached hydrogens (tertiary/aromatic N) is 5. The molecule has 0 saturated carbocycles. The molecule has 0 bridgehead atoms. The van der Waals surface area contributed by atoms with E-state index in [9.17, 15) is 9.59 Å². The standard InChI is InChI=1S/C16H20N6O2/c1-20-6-8-21(9-7-20)16(24)15(23)19-14-4-2-13(3-5-14)10-22-12-17-11-18-22/h2-5,11-12H,6-10H2,1H3,(H,19,23). The molecule has 1 aromatic heterocycles. The first-order valence-electron chi connectivity index (χ1n) is 7.82. The predicted octanol–water partition coefficient (Wildman–Crippen LogP) is 0.0389. The summed E-state index contributed by atoms with van der Waals surface area (Å²) in [4.78, 5) is 31.9. The lowest BCUT2D eigenvalue weighted by Gasteiger charge is -2.31. The van der Waals surface area contributed by atoms with Gasteiger partial charge in [-0.05, 0) is 24.7 Å². The van der Waals surface area contributed by atoms with Crippen molar-refractivity contribution in [1.82, 2.24) is 24.6 Å². The zero-order valence-corrected chi connectivity index (χ0v) is 13.6. The van der Waals surface area contributed by atoms with Gasteiger partial charge in [-0.1, -0.05) is 12.1 Å². The minimum atomic E-state index is -0.594. The van der Waals surface area contributed by atoms with Crippen molar-refractivity contribution in [3.8, 4) is 0 Å². The molecule has 126 valence electrons. The zero-order valence-electron chi connectivity index (χ0n) is 13.6. The number of amides is 2. The Morgan fingerprint density at radius 3 is 2.46 bits per heavy atom. The molecule has 1 aromatic carbocycles. The third-order valence-electron chi connectivity index (χ3n) is 4.01. The summed E-state index contributed by atoms with van der Waals surface area (Å²) >= 11 is 0. The van der Waals surface area contributed by atoms with Crippen molar-refractivity contribution in [3.05, 3.63) is 42.5 Å². The van der Waals surface area contributed by atoms with E-state index in [2.05, 4.69) is 20.3 Å². The molecular formula is C16H20N6O2. The number of aromatic nitrogens is 3. The second kappa shape index (κ2) is 7.22. The van der Waals surface area contributed by atoms with Gasteiger partial charge in [-0.15, -0.1) is 0 Å². The maximum Gasteiger partial charge on any atom is 0.313 e. The van der Waals surface area contributed by atoms with Crippen LogP contribution in [0.2, 0.25) is 0 Å². The van der Waals surface area contributed by atoms with Gasteiger partial charge in [0.15, 0.2) is 0 Å². The van der Waals surface area contributed by atoms with E-state index in [-0.39, 0.29) is 0 Å². The fourth-order valence-electron chi connectivity index (χ4n) is 2.53. The molecule has 24 heavy (non-hydrogen) atoms. The van der Waals surface area contributed by atoms with E-state index in [0.717, 1.165) is 18.7 Å². The molecule has 1 aliphatic heterocycles. The molecule has 0 radical (unpaired) electrons. The summed E-state index contributed by atoms with van der Waals surface area (Å²) < 4.78 is 1.71. The number of benzene rings is 1. The lowest BCUT2D eigenvalue weighted by atomic mass is 10.2. The molecule has 3 rings (SSSR count). The normalized spacial score (nSPS) is 15.3. The summed E-state index contributed by atoms with van der Waals surface area (Å²) in [5, 5.41) is 6.70. The van der Waals surface area contributed by atoms with Crippen molar-refractivity contribution in [3.63, 3.8) is 0 Å². The highest BCUT2D eigenvalue weighted by Gasteiger charge is 2.24. The number of rotatable bonds is 3. The molecule has 8 nitrogen and oxygen atoms in total. The molecule has 2 aromatic rings. The Hall–Kier alpha value is -2.74. The van der Waals surface area contributed by atoms with E-state index in [1.807, 2.05) is 19.2 Å². The quantitative estimate of drug-likeness (QED) is 0.804. The summed E-state index contributed by atoms with van der Waals surface area (Å²) in [7, 11) is 2.00. The lowest BCUT2D eigenvalue weighted by Crippen LogP contribution is -2.50. The summed E-state index contributed by atoms with van der Waals surface area (Å²) in [6.45, 7) is 3.35. The Morgan fingerprint density at radius 2 is 1.83 bits per heavy atom. The first kappa shape index (κ1) is 16.1. The van der Waals surface area contributed by atoms with Crippen molar-refractivity contribution in [1.29, 1.82) is 0 Å². The van der Waals surface area contributed by atoms with Crippen LogP contribution in [0.4, 0.5) is 5.69 Å². The maximum atomic E-state index is 12.2. The first-order valence-corrected chi connectivity index (χ1v) is 7.82. The van der Waals surface area contributed by atoms with Crippen LogP contribution in [0.5, 0.6) is 0 Å². The van der Waals surface area contributed by atoms with E-state index in [1.165, 1.54) is 6.33 Å². The van der Waals surface area contributed by atoms with Gasteiger partial charge in [0.1, 0.15) is 12.7 Å². The van der Waals surface area contributed by atoms with E-state index in [1.54, 1.807) is 28.0 Å². The zero-order chi connectivity index (χ0) is 16.9. The van der Waals surface area contributed by atoms with Crippen molar-refractivity contribution in [2.24, 2.45) is 0 Å². The number of piperazine rings is 1. The molecule has 0 aliphatic carbocycles. The van der Waals surface area contributed by atoms with Gasteiger partial charge in [-0.2, -0.15) is 5.10 Å². The van der Waals surface area contributed by atoms with Gasteiger partial charge in [0.05, 0.1) is 6.54 Å². The van der Waals surface area contributed by atoms with Crippen LogP contribution in [0, 0.1) is 0 Å². The molecule has 0 unspecified atom stereocenters. The first-order chi connectivity index (χ1) is 11.6. The molecule has 2 amide bonds. The van der Waals surface area contributed by atoms with Gasteiger partial charge in [-0.25, -0.2) is 9.67 Å². The Morgan fingerprint density at radius 1 is 1.12 bits per heavy atom. The minimum Gasteiger partial charge on any atom is -0.332 e. The molecule has 1 fully saturated rings. The van der Waals surface area contributed by atoms with Crippen LogP contribution in [0.3, 0.4) is 0 Å². The van der Waals surface area contributed by atoms with Crippen LogP contribution in [-0.2, 0) is 16.1 Å². The molecule has 1 aliphatic rings. The second-order valence-electron chi connectivity index (χ2n) is 5.84. The average Bonchev–Trinajstić information content (AvgIpc) is 3.09. The van der Waals surface area contributed by atoms with Crippen LogP contribution in [0.25, 0.3) is 0 Å². The number of hydrogen-bond acceptors (Lipinski definition) is 5. The number of carbonyl (C=O) groups is 2. The van der Waals surface area contributed by atoms with E-state index < -0.39 is 11.8 Å². The van der Waals surface area contributed by atoms with Gasteiger partial charge in [0.25, 0.3) is 0 Å². The van der Waals surface area contributed by atoms with E-state index in [0.29, 0.717) is 25.3 Å². The highest BCUT2D eigenvalue weighted by Crippen LogP contribution is 2.11. The molecule has 8 heteroatoms. The monoisotopic (exact) mass is 328 g/mol. The second-order valence-corrected chi connectivity index (χ2v) is 5.84. The van der Waals surface area contributed by atoms with Crippen molar-refractivity contribution in [2.75, 3.05) is 38.5 Å². The van der Waals surface area contributed by atoms with Crippen LogP contribution < -0.4 is 5.32 Å². The molecule has 0 atom stereocenters. The third-order valence-corrected chi connectivity index (χ3v) is 4.01. The van der Waals surface area contributed by atoms with Gasteiger partial charge in [-0.3, -0.25) is 9.59 Å². The molecular weight excluding hydrogens is 308 g/mol. The van der Waals surface area contributed by atoms with E-state index >= 15 is 0 Å². The topological polar surface area (TPSA) is 83.4 Å². The number of anilines is 1. The maximum absolute atomic E-state index is 12.2. The fourth-order valence-corrected chi connectivity index (χ4v) is 2.53. The van der Waals surface area contributed by atoms with Crippen LogP contribution in [-0.4, -0.2) is 69.6 Å². The van der Waals surface area contributed by atoms with Crippen LogP contribution in [0.15, 0.2) is 36.9 Å². The minimum absolute atomic E-state index is 0.477. The fraction of sp³-hybridized carbons (Fsp3) is 0.375. The average molecular weight is 328 g/mol. The summed E-state index contributed by atoms with van der Waals surface area (Å²) in [6.07, 6.45) is 3.13. The summed E-state index contributed by atoms with van der Waals surface area (Å²) in [5.41, 5.74) is 1.63. The molecule has 0 spiro atoms. The number of likely N-dealkylation sites (N-methyl/N-ethyl adjacent to an activating group) is 1. The predicted molar refractivity (Wildman–Crippen MR) is 88.3 cm³/mol. The molecule has 1 N–H and O–H groups in total. The summed E-state index contributed by atoms with van der Waals surface area (Å²) in [5.74, 6) is -1.07.